The Bertz CT molecular complexity index is 341. The van der Waals surface area contributed by atoms with E-state index in [4.69, 9.17) is 0 Å². The van der Waals surface area contributed by atoms with Crippen molar-refractivity contribution >= 4 is 5.57 Å². The molecule has 0 unspecified atom stereocenters. The van der Waals surface area contributed by atoms with Crippen LogP contribution in [0.1, 0.15) is 12.1 Å². The van der Waals surface area contributed by atoms with Crippen molar-refractivity contribution < 1.29 is 5.11 Å². The molecule has 2 rings (SSSR count). The van der Waals surface area contributed by atoms with Crippen LogP contribution in [0.3, 0.4) is 0 Å². The lowest BCUT2D eigenvalue weighted by Gasteiger charge is -1.98. The average Bonchev–Trinajstić information content (AvgIpc) is 2.53. The van der Waals surface area contributed by atoms with Crippen LogP contribution in [0.4, 0.5) is 0 Å². The molecule has 0 aromatic carbocycles. The number of allylic oxidation sites excluding steroid dienone is 3. The second kappa shape index (κ2) is 2.77. The van der Waals surface area contributed by atoms with Crippen LogP contribution in [0.25, 0.3) is 5.57 Å². The van der Waals surface area contributed by atoms with E-state index < -0.39 is 0 Å². The van der Waals surface area contributed by atoms with Crippen LogP contribution in [0.15, 0.2) is 36.5 Å². The smallest absolute Gasteiger partial charge is 0.105 e. The van der Waals surface area contributed by atoms with Gasteiger partial charge in [0, 0.05) is 24.4 Å². The van der Waals surface area contributed by atoms with Crippen LogP contribution >= 0.6 is 0 Å². The molecule has 0 bridgehead atoms. The summed E-state index contributed by atoms with van der Waals surface area (Å²) in [6.07, 6.45) is 9.23. The van der Waals surface area contributed by atoms with E-state index in [0.717, 1.165) is 11.3 Å². The molecule has 0 radical (unpaired) electrons. The van der Waals surface area contributed by atoms with Gasteiger partial charge >= 0.3 is 0 Å². The summed E-state index contributed by atoms with van der Waals surface area (Å²) in [7, 11) is 0. The summed E-state index contributed by atoms with van der Waals surface area (Å²) in [6, 6.07) is 0. The van der Waals surface area contributed by atoms with Gasteiger partial charge in [-0.05, 0) is 0 Å². The van der Waals surface area contributed by atoms with Crippen LogP contribution in [0, 0.1) is 0 Å². The van der Waals surface area contributed by atoms with Gasteiger partial charge in [-0.1, -0.05) is 12.2 Å². The van der Waals surface area contributed by atoms with Gasteiger partial charge in [0.15, 0.2) is 0 Å². The molecule has 1 heterocycles. The highest BCUT2D eigenvalue weighted by Gasteiger charge is 2.10. The molecule has 1 N–H and O–H groups in total. The summed E-state index contributed by atoms with van der Waals surface area (Å²) in [6.45, 7) is 0. The number of rotatable bonds is 1. The fourth-order valence-electron chi connectivity index (χ4n) is 1.17. The predicted octanol–water partition coefficient (Wildman–Crippen LogP) is 1.71. The lowest BCUT2D eigenvalue weighted by atomic mass is 10.2. The van der Waals surface area contributed by atoms with Crippen molar-refractivity contribution in [3.05, 3.63) is 42.2 Å². The van der Waals surface area contributed by atoms with Crippen molar-refractivity contribution in [1.82, 2.24) is 9.97 Å². The minimum Gasteiger partial charge on any atom is -0.511 e. The summed E-state index contributed by atoms with van der Waals surface area (Å²) < 4.78 is 0. The van der Waals surface area contributed by atoms with E-state index in [1.807, 2.05) is 12.2 Å². The minimum absolute atomic E-state index is 0.371. The zero-order valence-electron chi connectivity index (χ0n) is 6.44. The molecule has 0 fully saturated rings. The summed E-state index contributed by atoms with van der Waals surface area (Å²) in [4.78, 5) is 8.00. The second-order valence-corrected chi connectivity index (χ2v) is 2.56. The average molecular weight is 160 g/mol. The molecule has 3 nitrogen and oxygen atoms in total. The van der Waals surface area contributed by atoms with Gasteiger partial charge in [-0.15, -0.1) is 0 Å². The highest BCUT2D eigenvalue weighted by atomic mass is 16.3. The molecule has 1 aliphatic carbocycles. The molecule has 0 saturated heterocycles. The first-order valence-corrected chi connectivity index (χ1v) is 3.73. The van der Waals surface area contributed by atoms with E-state index in [1.54, 1.807) is 18.6 Å². The number of aliphatic hydroxyl groups is 1. The Labute approximate surface area is 70.1 Å². The molecule has 12 heavy (non-hydrogen) atoms. The Kier molecular flexibility index (Phi) is 1.63. The Morgan fingerprint density at radius 3 is 2.83 bits per heavy atom. The quantitative estimate of drug-likeness (QED) is 0.680. The van der Waals surface area contributed by atoms with E-state index in [0.29, 0.717) is 12.2 Å². The van der Waals surface area contributed by atoms with E-state index in [-0.39, 0.29) is 0 Å². The molecule has 0 aliphatic heterocycles. The highest BCUT2D eigenvalue weighted by molar-refractivity contribution is 5.75. The van der Waals surface area contributed by atoms with Gasteiger partial charge in [0.25, 0.3) is 0 Å². The maximum Gasteiger partial charge on any atom is 0.105 e. The molecule has 0 atom stereocenters. The topological polar surface area (TPSA) is 46.0 Å². The molecule has 1 aliphatic rings. The van der Waals surface area contributed by atoms with E-state index in [9.17, 15) is 5.11 Å². The standard InChI is InChI=1S/C9H8N2O/c12-9-3-1-2-7(9)8-6-10-4-5-11-8/h1-2,4-6,12H,3H2. The fraction of sp³-hybridized carbons (Fsp3) is 0.111. The van der Waals surface area contributed by atoms with Gasteiger partial charge in [0.1, 0.15) is 5.76 Å². The normalized spacial score (nSPS) is 15.7. The summed E-state index contributed by atoms with van der Waals surface area (Å²) in [5.41, 5.74) is 1.51. The number of aliphatic hydroxyl groups excluding tert-OH is 1. The van der Waals surface area contributed by atoms with Crippen molar-refractivity contribution in [2.75, 3.05) is 0 Å². The Morgan fingerprint density at radius 2 is 2.25 bits per heavy atom. The third-order valence-electron chi connectivity index (χ3n) is 1.75. The third kappa shape index (κ3) is 1.09. The zero-order chi connectivity index (χ0) is 8.39. The number of nitrogens with zero attached hydrogens (tertiary/aromatic N) is 2. The summed E-state index contributed by atoms with van der Waals surface area (Å²) in [5, 5.41) is 9.39. The van der Waals surface area contributed by atoms with Crippen molar-refractivity contribution in [1.29, 1.82) is 0 Å². The first-order valence-electron chi connectivity index (χ1n) is 3.73. The van der Waals surface area contributed by atoms with E-state index >= 15 is 0 Å². The first-order chi connectivity index (χ1) is 5.88. The molecular weight excluding hydrogens is 152 g/mol. The predicted molar refractivity (Wildman–Crippen MR) is 45.3 cm³/mol. The Morgan fingerprint density at radius 1 is 1.33 bits per heavy atom. The van der Waals surface area contributed by atoms with Gasteiger partial charge < -0.3 is 5.11 Å². The number of aromatic nitrogens is 2. The first kappa shape index (κ1) is 7.03. The molecule has 0 spiro atoms. The van der Waals surface area contributed by atoms with Crippen LogP contribution in [-0.4, -0.2) is 15.1 Å². The van der Waals surface area contributed by atoms with Gasteiger partial charge in [-0.2, -0.15) is 0 Å². The zero-order valence-corrected chi connectivity index (χ0v) is 6.44. The molecule has 3 heteroatoms. The fourth-order valence-corrected chi connectivity index (χ4v) is 1.17. The summed E-state index contributed by atoms with van der Waals surface area (Å²) >= 11 is 0. The van der Waals surface area contributed by atoms with Crippen molar-refractivity contribution in [2.45, 2.75) is 6.42 Å². The van der Waals surface area contributed by atoms with Crippen LogP contribution < -0.4 is 0 Å². The summed E-state index contributed by atoms with van der Waals surface area (Å²) in [5.74, 6) is 0.371. The van der Waals surface area contributed by atoms with Crippen LogP contribution in [0.2, 0.25) is 0 Å². The Balaban J connectivity index is 2.44. The third-order valence-corrected chi connectivity index (χ3v) is 1.75. The lowest BCUT2D eigenvalue weighted by molar-refractivity contribution is 0.407. The van der Waals surface area contributed by atoms with Gasteiger partial charge in [0.05, 0.1) is 11.9 Å². The highest BCUT2D eigenvalue weighted by Crippen LogP contribution is 2.23. The SMILES string of the molecule is OC1=C(c2cnccn2)C=CC1. The van der Waals surface area contributed by atoms with Crippen molar-refractivity contribution in [2.24, 2.45) is 0 Å². The monoisotopic (exact) mass is 160 g/mol. The van der Waals surface area contributed by atoms with E-state index in [2.05, 4.69) is 9.97 Å². The molecule has 1 aromatic rings. The van der Waals surface area contributed by atoms with Gasteiger partial charge in [-0.3, -0.25) is 9.97 Å². The maximum atomic E-state index is 9.39. The largest absolute Gasteiger partial charge is 0.511 e. The number of hydrogen-bond acceptors (Lipinski definition) is 3. The lowest BCUT2D eigenvalue weighted by Crippen LogP contribution is -1.88. The van der Waals surface area contributed by atoms with Crippen molar-refractivity contribution in [3.8, 4) is 0 Å². The van der Waals surface area contributed by atoms with Gasteiger partial charge in [-0.25, -0.2) is 0 Å². The molecule has 60 valence electrons. The van der Waals surface area contributed by atoms with E-state index in [1.165, 1.54) is 0 Å². The molecule has 0 saturated carbocycles. The van der Waals surface area contributed by atoms with Gasteiger partial charge in [0.2, 0.25) is 0 Å². The number of hydrogen-bond donors (Lipinski definition) is 1. The Hall–Kier alpha value is -1.64. The van der Waals surface area contributed by atoms with Crippen LogP contribution in [0.5, 0.6) is 0 Å². The minimum atomic E-state index is 0.371. The molecule has 0 amide bonds. The van der Waals surface area contributed by atoms with Crippen LogP contribution in [-0.2, 0) is 0 Å². The van der Waals surface area contributed by atoms with Crippen molar-refractivity contribution in [3.63, 3.8) is 0 Å². The second-order valence-electron chi connectivity index (χ2n) is 2.56. The molecule has 1 aromatic heterocycles. The maximum absolute atomic E-state index is 9.39. The molecular formula is C9H8N2O.